The Kier molecular flexibility index (Phi) is 2.20. The average Bonchev–Trinajstić information content (AvgIpc) is 2.88. The highest BCUT2D eigenvalue weighted by molar-refractivity contribution is 5.12. The van der Waals surface area contributed by atoms with Crippen LogP contribution in [0, 0.1) is 0 Å². The first-order chi connectivity index (χ1) is 6.22. The van der Waals surface area contributed by atoms with E-state index in [2.05, 4.69) is 6.58 Å². The second-order valence-corrected chi connectivity index (χ2v) is 4.37. The third-order valence-corrected chi connectivity index (χ3v) is 3.50. The molecule has 0 aromatic heterocycles. The summed E-state index contributed by atoms with van der Waals surface area (Å²) in [5.41, 5.74) is -0.811. The van der Waals surface area contributed by atoms with Crippen LogP contribution < -0.4 is 0 Å². The van der Waals surface area contributed by atoms with Gasteiger partial charge in [-0.3, -0.25) is 0 Å². The van der Waals surface area contributed by atoms with Gasteiger partial charge in [0.1, 0.15) is 5.60 Å². The van der Waals surface area contributed by atoms with Crippen LogP contribution in [0.1, 0.15) is 38.5 Å². The van der Waals surface area contributed by atoms with Crippen LogP contribution in [0.5, 0.6) is 0 Å². The molecule has 13 heavy (non-hydrogen) atoms. The van der Waals surface area contributed by atoms with Gasteiger partial charge in [-0.05, 0) is 19.3 Å². The van der Waals surface area contributed by atoms with Gasteiger partial charge in [0, 0.05) is 0 Å². The Morgan fingerprint density at radius 2 is 1.92 bits per heavy atom. The lowest BCUT2D eigenvalue weighted by atomic mass is 9.74. The molecule has 1 atom stereocenters. The minimum atomic E-state index is -0.556. The molecule has 2 rings (SSSR count). The summed E-state index contributed by atoms with van der Waals surface area (Å²) in [4.78, 5) is 0. The summed E-state index contributed by atoms with van der Waals surface area (Å²) in [6.45, 7) is 4.44. The van der Waals surface area contributed by atoms with Gasteiger partial charge >= 0.3 is 0 Å². The Bertz CT molecular complexity index is 200. The molecule has 1 saturated heterocycles. The zero-order valence-electron chi connectivity index (χ0n) is 8.09. The van der Waals surface area contributed by atoms with E-state index >= 15 is 0 Å². The van der Waals surface area contributed by atoms with E-state index in [1.807, 2.05) is 6.08 Å². The first-order valence-electron chi connectivity index (χ1n) is 5.20. The molecule has 0 bridgehead atoms. The van der Waals surface area contributed by atoms with Gasteiger partial charge in [-0.15, -0.1) is 6.58 Å². The molecular weight excluding hydrogens is 164 g/mol. The molecule has 0 radical (unpaired) electrons. The van der Waals surface area contributed by atoms with Crippen molar-refractivity contribution in [3.05, 3.63) is 12.7 Å². The fourth-order valence-corrected chi connectivity index (χ4v) is 2.49. The second-order valence-electron chi connectivity index (χ2n) is 4.37. The predicted molar refractivity (Wildman–Crippen MR) is 51.5 cm³/mol. The smallest absolute Gasteiger partial charge is 0.123 e. The molecule has 2 aliphatic rings. The molecule has 1 N–H and O–H groups in total. The Hall–Kier alpha value is -0.340. The zero-order chi connectivity index (χ0) is 9.36. The average molecular weight is 182 g/mol. The number of rotatable bonds is 3. The van der Waals surface area contributed by atoms with Crippen LogP contribution >= 0.6 is 0 Å². The summed E-state index contributed by atoms with van der Waals surface area (Å²) < 4.78 is 5.46. The summed E-state index contributed by atoms with van der Waals surface area (Å²) in [7, 11) is 0. The molecule has 0 aromatic rings. The van der Waals surface area contributed by atoms with Crippen molar-refractivity contribution in [3.8, 4) is 0 Å². The Labute approximate surface area is 79.6 Å². The topological polar surface area (TPSA) is 32.8 Å². The van der Waals surface area contributed by atoms with E-state index in [0.717, 1.165) is 38.7 Å². The van der Waals surface area contributed by atoms with Crippen molar-refractivity contribution in [3.63, 3.8) is 0 Å². The number of aliphatic hydroxyl groups is 1. The molecule has 2 fully saturated rings. The molecule has 1 heterocycles. The van der Waals surface area contributed by atoms with Gasteiger partial charge in [0.25, 0.3) is 0 Å². The summed E-state index contributed by atoms with van der Waals surface area (Å²) >= 11 is 0. The number of ether oxygens (including phenoxy) is 1. The highest BCUT2D eigenvalue weighted by Crippen LogP contribution is 2.48. The minimum Gasteiger partial charge on any atom is -0.387 e. The highest BCUT2D eigenvalue weighted by Gasteiger charge is 2.59. The molecule has 2 nitrogen and oxygen atoms in total. The van der Waals surface area contributed by atoms with Gasteiger partial charge in [-0.2, -0.15) is 0 Å². The molecule has 0 spiro atoms. The normalized spacial score (nSPS) is 37.0. The van der Waals surface area contributed by atoms with Crippen LogP contribution in [0.3, 0.4) is 0 Å². The van der Waals surface area contributed by atoms with E-state index in [4.69, 9.17) is 4.74 Å². The van der Waals surface area contributed by atoms with Crippen molar-refractivity contribution in [2.45, 2.75) is 49.7 Å². The van der Waals surface area contributed by atoms with Gasteiger partial charge in [0.2, 0.25) is 0 Å². The molecule has 0 amide bonds. The first-order valence-corrected chi connectivity index (χ1v) is 5.20. The third kappa shape index (κ3) is 1.42. The zero-order valence-corrected chi connectivity index (χ0v) is 8.09. The Morgan fingerprint density at radius 3 is 2.38 bits per heavy atom. The van der Waals surface area contributed by atoms with E-state index in [9.17, 15) is 5.11 Å². The highest BCUT2D eigenvalue weighted by atomic mass is 16.6. The summed E-state index contributed by atoms with van der Waals surface area (Å²) in [5, 5.41) is 10.4. The van der Waals surface area contributed by atoms with Crippen LogP contribution in [0.4, 0.5) is 0 Å². The molecule has 1 aliphatic heterocycles. The fourth-order valence-electron chi connectivity index (χ4n) is 2.49. The lowest BCUT2D eigenvalue weighted by Crippen LogP contribution is -2.46. The lowest BCUT2D eigenvalue weighted by Gasteiger charge is -2.37. The van der Waals surface area contributed by atoms with E-state index < -0.39 is 5.60 Å². The quantitative estimate of drug-likeness (QED) is 0.535. The Balaban J connectivity index is 2.07. The molecule has 2 heteroatoms. The maximum absolute atomic E-state index is 10.4. The van der Waals surface area contributed by atoms with Crippen molar-refractivity contribution < 1.29 is 9.84 Å². The number of epoxide rings is 1. The molecule has 0 aromatic carbocycles. The van der Waals surface area contributed by atoms with Crippen molar-refractivity contribution in [1.82, 2.24) is 0 Å². The summed E-state index contributed by atoms with van der Waals surface area (Å²) in [5.74, 6) is 0. The van der Waals surface area contributed by atoms with Crippen molar-refractivity contribution in [2.24, 2.45) is 0 Å². The van der Waals surface area contributed by atoms with Gasteiger partial charge in [-0.1, -0.05) is 25.3 Å². The molecular formula is C11H18O2. The lowest BCUT2D eigenvalue weighted by molar-refractivity contribution is -0.0641. The molecule has 1 saturated carbocycles. The monoisotopic (exact) mass is 182 g/mol. The van der Waals surface area contributed by atoms with Gasteiger partial charge < -0.3 is 9.84 Å². The number of hydrogen-bond donors (Lipinski definition) is 1. The molecule has 1 unspecified atom stereocenters. The summed E-state index contributed by atoms with van der Waals surface area (Å²) in [6.07, 6.45) is 7.99. The van der Waals surface area contributed by atoms with Gasteiger partial charge in [0.15, 0.2) is 0 Å². The SMILES string of the molecule is C=CCC1(C2(O)CCCCC2)CO1. The standard InChI is InChI=1S/C11H18O2/c1-2-6-11(9-13-11)10(12)7-4-3-5-8-10/h2,12H,1,3-9H2. The van der Waals surface area contributed by atoms with Gasteiger partial charge in [-0.25, -0.2) is 0 Å². The van der Waals surface area contributed by atoms with E-state index in [-0.39, 0.29) is 5.60 Å². The number of hydrogen-bond acceptors (Lipinski definition) is 2. The van der Waals surface area contributed by atoms with Crippen LogP contribution in [-0.4, -0.2) is 22.9 Å². The van der Waals surface area contributed by atoms with Crippen molar-refractivity contribution in [1.29, 1.82) is 0 Å². The first kappa shape index (κ1) is 9.22. The molecule has 1 aliphatic carbocycles. The maximum Gasteiger partial charge on any atom is 0.123 e. The maximum atomic E-state index is 10.4. The summed E-state index contributed by atoms with van der Waals surface area (Å²) in [6, 6.07) is 0. The van der Waals surface area contributed by atoms with Crippen LogP contribution in [-0.2, 0) is 4.74 Å². The van der Waals surface area contributed by atoms with Crippen LogP contribution in [0.15, 0.2) is 12.7 Å². The Morgan fingerprint density at radius 1 is 1.31 bits per heavy atom. The van der Waals surface area contributed by atoms with Crippen molar-refractivity contribution >= 4 is 0 Å². The van der Waals surface area contributed by atoms with Gasteiger partial charge in [0.05, 0.1) is 12.2 Å². The van der Waals surface area contributed by atoms with Crippen LogP contribution in [0.2, 0.25) is 0 Å². The largest absolute Gasteiger partial charge is 0.387 e. The van der Waals surface area contributed by atoms with E-state index in [1.165, 1.54) is 6.42 Å². The van der Waals surface area contributed by atoms with E-state index in [0.29, 0.717) is 0 Å². The third-order valence-electron chi connectivity index (χ3n) is 3.50. The minimum absolute atomic E-state index is 0.255. The second kappa shape index (κ2) is 3.10. The van der Waals surface area contributed by atoms with Crippen molar-refractivity contribution in [2.75, 3.05) is 6.61 Å². The fraction of sp³-hybridized carbons (Fsp3) is 0.818. The van der Waals surface area contributed by atoms with E-state index in [1.54, 1.807) is 0 Å². The van der Waals surface area contributed by atoms with Crippen LogP contribution in [0.25, 0.3) is 0 Å². The molecule has 74 valence electrons. The predicted octanol–water partition coefficient (Wildman–Crippen LogP) is 2.03.